The molecule has 0 nitrogen and oxygen atoms in total. The molecule has 0 aliphatic rings. The van der Waals surface area contributed by atoms with E-state index in [9.17, 15) is 8.78 Å². The molecule has 0 saturated carbocycles. The third kappa shape index (κ3) is 2.36. The fourth-order valence-corrected chi connectivity index (χ4v) is 3.98. The molecule has 1 atom stereocenters. The van der Waals surface area contributed by atoms with Gasteiger partial charge in [-0.15, -0.1) is 11.3 Å². The van der Waals surface area contributed by atoms with E-state index in [2.05, 4.69) is 15.9 Å². The summed E-state index contributed by atoms with van der Waals surface area (Å²) < 4.78 is 27.9. The van der Waals surface area contributed by atoms with Gasteiger partial charge in [-0.1, -0.05) is 22.0 Å². The first-order valence-corrected chi connectivity index (χ1v) is 7.30. The van der Waals surface area contributed by atoms with Crippen LogP contribution in [-0.4, -0.2) is 0 Å². The predicted octanol–water partition coefficient (Wildman–Crippen LogP) is 5.44. The van der Waals surface area contributed by atoms with Crippen LogP contribution in [0.25, 0.3) is 0 Å². The smallest absolute Gasteiger partial charge is 0.133 e. The molecular formula is C14H13BrF2S. The van der Waals surface area contributed by atoms with Gasteiger partial charge in [0.15, 0.2) is 0 Å². The van der Waals surface area contributed by atoms with Crippen LogP contribution in [0, 0.1) is 32.4 Å². The van der Waals surface area contributed by atoms with Gasteiger partial charge in [-0.05, 0) is 44.0 Å². The van der Waals surface area contributed by atoms with Crippen molar-refractivity contribution in [2.24, 2.45) is 0 Å². The third-order valence-corrected chi connectivity index (χ3v) is 4.86. The van der Waals surface area contributed by atoms with Gasteiger partial charge in [-0.2, -0.15) is 0 Å². The molecule has 1 aromatic heterocycles. The summed E-state index contributed by atoms with van der Waals surface area (Å²) in [5, 5.41) is 0. The quantitative estimate of drug-likeness (QED) is 0.643. The van der Waals surface area contributed by atoms with Crippen molar-refractivity contribution >= 4 is 27.3 Å². The van der Waals surface area contributed by atoms with Crippen molar-refractivity contribution in [2.45, 2.75) is 25.6 Å². The van der Waals surface area contributed by atoms with Gasteiger partial charge in [-0.3, -0.25) is 0 Å². The first kappa shape index (κ1) is 13.7. The van der Waals surface area contributed by atoms with Gasteiger partial charge in [-0.25, -0.2) is 8.78 Å². The van der Waals surface area contributed by atoms with Crippen LogP contribution in [0.5, 0.6) is 0 Å². The van der Waals surface area contributed by atoms with Crippen LogP contribution in [0.2, 0.25) is 0 Å². The van der Waals surface area contributed by atoms with E-state index in [1.54, 1.807) is 18.3 Å². The maximum Gasteiger partial charge on any atom is 0.133 e. The zero-order valence-corrected chi connectivity index (χ0v) is 12.8. The SMILES string of the molecule is Cc1cc(C(Br)c2c(F)ccc(C)c2F)c(C)s1. The first-order valence-electron chi connectivity index (χ1n) is 5.57. The minimum atomic E-state index is -0.511. The van der Waals surface area contributed by atoms with Crippen LogP contribution < -0.4 is 0 Å². The second kappa shape index (κ2) is 5.10. The van der Waals surface area contributed by atoms with E-state index < -0.39 is 16.5 Å². The molecule has 1 unspecified atom stereocenters. The number of halogens is 3. The van der Waals surface area contributed by atoms with E-state index in [4.69, 9.17) is 0 Å². The van der Waals surface area contributed by atoms with E-state index in [0.29, 0.717) is 5.56 Å². The zero-order valence-electron chi connectivity index (χ0n) is 10.4. The summed E-state index contributed by atoms with van der Waals surface area (Å²) in [7, 11) is 0. The highest BCUT2D eigenvalue weighted by atomic mass is 79.9. The summed E-state index contributed by atoms with van der Waals surface area (Å²) in [4.78, 5) is 1.78. The molecule has 0 amide bonds. The maximum absolute atomic E-state index is 14.1. The second-order valence-corrected chi connectivity index (χ2v) is 6.70. The van der Waals surface area contributed by atoms with Gasteiger partial charge >= 0.3 is 0 Å². The van der Waals surface area contributed by atoms with E-state index >= 15 is 0 Å². The molecule has 0 spiro atoms. The summed E-state index contributed by atoms with van der Waals surface area (Å²) in [6.07, 6.45) is 0. The summed E-state index contributed by atoms with van der Waals surface area (Å²) in [5.41, 5.74) is 1.48. The lowest BCUT2D eigenvalue weighted by Crippen LogP contribution is -2.02. The van der Waals surface area contributed by atoms with Crippen molar-refractivity contribution in [3.8, 4) is 0 Å². The maximum atomic E-state index is 14.1. The van der Waals surface area contributed by atoms with Crippen LogP contribution >= 0.6 is 27.3 Å². The Morgan fingerprint density at radius 2 is 1.83 bits per heavy atom. The number of hydrogen-bond acceptors (Lipinski definition) is 1. The number of benzene rings is 1. The summed E-state index contributed by atoms with van der Waals surface area (Å²) in [6, 6.07) is 4.75. The molecule has 0 bridgehead atoms. The Morgan fingerprint density at radius 3 is 2.39 bits per heavy atom. The molecule has 1 heterocycles. The minimum Gasteiger partial charge on any atom is -0.207 e. The van der Waals surface area contributed by atoms with Gasteiger partial charge in [0.1, 0.15) is 11.6 Å². The molecule has 0 aliphatic heterocycles. The molecule has 0 aliphatic carbocycles. The van der Waals surface area contributed by atoms with Crippen molar-refractivity contribution in [2.75, 3.05) is 0 Å². The Bertz CT molecular complexity index is 590. The summed E-state index contributed by atoms with van der Waals surface area (Å²) >= 11 is 5.05. The second-order valence-electron chi connectivity index (χ2n) is 4.32. The zero-order chi connectivity index (χ0) is 13.4. The molecular weight excluding hydrogens is 318 g/mol. The van der Waals surface area contributed by atoms with Crippen LogP contribution in [0.3, 0.4) is 0 Å². The normalized spacial score (nSPS) is 12.8. The highest BCUT2D eigenvalue weighted by Gasteiger charge is 2.23. The number of alkyl halides is 1. The number of aryl methyl sites for hydroxylation is 3. The molecule has 4 heteroatoms. The topological polar surface area (TPSA) is 0 Å². The highest BCUT2D eigenvalue weighted by Crippen LogP contribution is 2.39. The Balaban J connectivity index is 2.56. The molecule has 0 N–H and O–H groups in total. The van der Waals surface area contributed by atoms with Crippen molar-refractivity contribution in [3.63, 3.8) is 0 Å². The van der Waals surface area contributed by atoms with Gasteiger partial charge < -0.3 is 0 Å². The number of hydrogen-bond donors (Lipinski definition) is 0. The van der Waals surface area contributed by atoms with Crippen LogP contribution in [-0.2, 0) is 0 Å². The van der Waals surface area contributed by atoms with Crippen LogP contribution in [0.15, 0.2) is 18.2 Å². The van der Waals surface area contributed by atoms with E-state index in [1.807, 2.05) is 19.9 Å². The Morgan fingerprint density at radius 1 is 1.17 bits per heavy atom. The molecule has 2 aromatic rings. The average Bonchev–Trinajstić information content (AvgIpc) is 2.63. The van der Waals surface area contributed by atoms with Crippen molar-refractivity contribution in [1.29, 1.82) is 0 Å². The van der Waals surface area contributed by atoms with Gasteiger partial charge in [0.05, 0.1) is 4.83 Å². The highest BCUT2D eigenvalue weighted by molar-refractivity contribution is 9.09. The fourth-order valence-electron chi connectivity index (χ4n) is 1.97. The van der Waals surface area contributed by atoms with Gasteiger partial charge in [0, 0.05) is 15.3 Å². The lowest BCUT2D eigenvalue weighted by molar-refractivity contribution is 0.555. The molecule has 0 saturated heterocycles. The van der Waals surface area contributed by atoms with Crippen molar-refractivity contribution in [1.82, 2.24) is 0 Å². The van der Waals surface area contributed by atoms with Gasteiger partial charge in [0.2, 0.25) is 0 Å². The standard InChI is InChI=1S/C14H13BrF2S/c1-7-4-5-11(16)12(14(7)17)13(15)10-6-8(2)18-9(10)3/h4-6,13H,1-3H3. The van der Waals surface area contributed by atoms with Crippen molar-refractivity contribution < 1.29 is 8.78 Å². The summed E-state index contributed by atoms with van der Waals surface area (Å²) in [6.45, 7) is 5.60. The molecule has 2 rings (SSSR count). The van der Waals surface area contributed by atoms with E-state index in [0.717, 1.165) is 15.3 Å². The van der Waals surface area contributed by atoms with Crippen LogP contribution in [0.4, 0.5) is 8.78 Å². The van der Waals surface area contributed by atoms with Crippen molar-refractivity contribution in [3.05, 3.63) is 56.3 Å². The molecule has 0 radical (unpaired) electrons. The lowest BCUT2D eigenvalue weighted by atomic mass is 10.0. The Labute approximate surface area is 118 Å². The summed E-state index contributed by atoms with van der Waals surface area (Å²) in [5.74, 6) is -0.983. The third-order valence-electron chi connectivity index (χ3n) is 2.93. The Kier molecular flexibility index (Phi) is 3.87. The lowest BCUT2D eigenvalue weighted by Gasteiger charge is -2.13. The first-order chi connectivity index (χ1) is 8.41. The average molecular weight is 331 g/mol. The molecule has 18 heavy (non-hydrogen) atoms. The molecule has 1 aromatic carbocycles. The number of thiophene rings is 1. The predicted molar refractivity (Wildman–Crippen MR) is 75.7 cm³/mol. The molecule has 96 valence electrons. The Hall–Kier alpha value is -0.740. The van der Waals surface area contributed by atoms with Gasteiger partial charge in [0.25, 0.3) is 0 Å². The van der Waals surface area contributed by atoms with E-state index in [-0.39, 0.29) is 5.56 Å². The van der Waals surface area contributed by atoms with E-state index in [1.165, 1.54) is 12.1 Å². The number of rotatable bonds is 2. The fraction of sp³-hybridized carbons (Fsp3) is 0.286. The molecule has 0 fully saturated rings. The monoisotopic (exact) mass is 330 g/mol. The van der Waals surface area contributed by atoms with Crippen LogP contribution in [0.1, 0.15) is 31.3 Å². The minimum absolute atomic E-state index is 0.0934. The largest absolute Gasteiger partial charge is 0.207 e.